The third kappa shape index (κ3) is 10.5. The Morgan fingerprint density at radius 3 is 2.40 bits per heavy atom. The van der Waals surface area contributed by atoms with Crippen LogP contribution in [0.4, 0.5) is 16.2 Å². The zero-order chi connectivity index (χ0) is 32.9. The molecule has 45 heavy (non-hydrogen) atoms. The van der Waals surface area contributed by atoms with E-state index >= 15 is 0 Å². The predicted molar refractivity (Wildman–Crippen MR) is 166 cm³/mol. The Morgan fingerprint density at radius 2 is 1.78 bits per heavy atom. The summed E-state index contributed by atoms with van der Waals surface area (Å²) >= 11 is 0. The Bertz CT molecular complexity index is 1350. The van der Waals surface area contributed by atoms with Crippen LogP contribution in [-0.2, 0) is 25.7 Å². The minimum Gasteiger partial charge on any atom is -0.445 e. The maximum atomic E-state index is 13.6. The number of ether oxygens (including phenoxy) is 1. The molecule has 242 valence electrons. The number of nitro benzene ring substituents is 1. The molecule has 1 aliphatic rings. The molecule has 1 saturated heterocycles. The molecular formula is C30H40N8O7. The molecule has 0 bridgehead atoms. The summed E-state index contributed by atoms with van der Waals surface area (Å²) in [6.07, 6.45) is 0.706. The van der Waals surface area contributed by atoms with Crippen molar-refractivity contribution < 1.29 is 28.8 Å². The number of benzene rings is 2. The van der Waals surface area contributed by atoms with E-state index in [4.69, 9.17) is 15.9 Å². The molecule has 4 amide bonds. The first-order chi connectivity index (χ1) is 21.5. The second-order valence-corrected chi connectivity index (χ2v) is 11.0. The number of carbonyl (C=O) groups excluding carboxylic acids is 4. The van der Waals surface area contributed by atoms with Gasteiger partial charge in [0.1, 0.15) is 24.7 Å². The highest BCUT2D eigenvalue weighted by Gasteiger charge is 2.39. The van der Waals surface area contributed by atoms with Crippen molar-refractivity contribution in [3.05, 3.63) is 70.3 Å². The highest BCUT2D eigenvalue weighted by molar-refractivity contribution is 5.99. The van der Waals surface area contributed by atoms with Crippen LogP contribution in [0.2, 0.25) is 0 Å². The molecule has 0 unspecified atom stereocenters. The van der Waals surface area contributed by atoms with E-state index in [9.17, 15) is 29.3 Å². The van der Waals surface area contributed by atoms with Gasteiger partial charge in [0.05, 0.1) is 4.92 Å². The van der Waals surface area contributed by atoms with E-state index in [0.29, 0.717) is 31.5 Å². The summed E-state index contributed by atoms with van der Waals surface area (Å²) in [4.78, 5) is 64.8. The number of guanidine groups is 1. The number of hydrogen-bond donors (Lipinski definition) is 6. The number of hydrogen-bond acceptors (Lipinski definition) is 8. The first kappa shape index (κ1) is 34.3. The summed E-state index contributed by atoms with van der Waals surface area (Å²) in [5.41, 5.74) is 6.29. The van der Waals surface area contributed by atoms with Crippen molar-refractivity contribution in [3.8, 4) is 0 Å². The van der Waals surface area contributed by atoms with Crippen LogP contribution in [0.5, 0.6) is 0 Å². The lowest BCUT2D eigenvalue weighted by Gasteiger charge is -2.31. The molecule has 1 aliphatic heterocycles. The van der Waals surface area contributed by atoms with Gasteiger partial charge in [0.15, 0.2) is 5.96 Å². The normalized spacial score (nSPS) is 15.4. The predicted octanol–water partition coefficient (Wildman–Crippen LogP) is 2.22. The van der Waals surface area contributed by atoms with Gasteiger partial charge >= 0.3 is 6.09 Å². The van der Waals surface area contributed by atoms with Crippen LogP contribution in [0, 0.1) is 21.4 Å². The minimum absolute atomic E-state index is 0.0334. The van der Waals surface area contributed by atoms with Gasteiger partial charge in [0.2, 0.25) is 17.7 Å². The van der Waals surface area contributed by atoms with E-state index < -0.39 is 46.9 Å². The third-order valence-electron chi connectivity index (χ3n) is 7.22. The van der Waals surface area contributed by atoms with Crippen molar-refractivity contribution in [2.75, 3.05) is 18.4 Å². The maximum absolute atomic E-state index is 13.6. The number of anilines is 1. The molecule has 1 heterocycles. The van der Waals surface area contributed by atoms with Gasteiger partial charge in [-0.05, 0) is 49.3 Å². The zero-order valence-corrected chi connectivity index (χ0v) is 25.3. The van der Waals surface area contributed by atoms with Gasteiger partial charge in [-0.1, -0.05) is 44.2 Å². The number of nitrogens with two attached hydrogens (primary N) is 1. The van der Waals surface area contributed by atoms with Gasteiger partial charge < -0.3 is 36.6 Å². The lowest BCUT2D eigenvalue weighted by Crippen LogP contribution is -2.57. The molecule has 3 rings (SSSR count). The summed E-state index contributed by atoms with van der Waals surface area (Å²) in [6.45, 7) is 4.16. The monoisotopic (exact) mass is 624 g/mol. The molecular weight excluding hydrogens is 584 g/mol. The molecule has 15 nitrogen and oxygen atoms in total. The summed E-state index contributed by atoms with van der Waals surface area (Å²) in [5.74, 6) is -2.06. The van der Waals surface area contributed by atoms with Crippen LogP contribution in [0.3, 0.4) is 0 Å². The van der Waals surface area contributed by atoms with Gasteiger partial charge in [-0.3, -0.25) is 29.9 Å². The quantitative estimate of drug-likeness (QED) is 0.0595. The minimum atomic E-state index is -1.02. The van der Waals surface area contributed by atoms with E-state index in [-0.39, 0.29) is 37.1 Å². The molecule has 0 saturated carbocycles. The zero-order valence-electron chi connectivity index (χ0n) is 25.3. The van der Waals surface area contributed by atoms with Crippen molar-refractivity contribution in [3.63, 3.8) is 0 Å². The van der Waals surface area contributed by atoms with Crippen LogP contribution < -0.4 is 27.0 Å². The molecule has 2 aromatic rings. The highest BCUT2D eigenvalue weighted by Crippen LogP contribution is 2.22. The van der Waals surface area contributed by atoms with Crippen molar-refractivity contribution >= 4 is 41.1 Å². The summed E-state index contributed by atoms with van der Waals surface area (Å²) in [7, 11) is 0. The SMILES string of the molecule is CC(C)[C@H](NC(=O)OCc1ccccc1)C(=O)N1CCC[C@H]1C(=O)N[C@@H](CCCNC(=N)N)C(=O)Nc1ccc([N+](=O)[O-])cc1. The van der Waals surface area contributed by atoms with E-state index in [1.807, 2.05) is 30.3 Å². The van der Waals surface area contributed by atoms with Crippen molar-refractivity contribution in [1.82, 2.24) is 20.9 Å². The molecule has 0 spiro atoms. The first-order valence-corrected chi connectivity index (χ1v) is 14.7. The molecule has 1 fully saturated rings. The fourth-order valence-corrected chi connectivity index (χ4v) is 4.85. The molecule has 0 radical (unpaired) electrons. The number of rotatable bonds is 14. The second-order valence-electron chi connectivity index (χ2n) is 11.0. The van der Waals surface area contributed by atoms with Crippen LogP contribution in [-0.4, -0.2) is 70.8 Å². The number of alkyl carbamates (subject to hydrolysis) is 1. The number of amides is 4. The van der Waals surface area contributed by atoms with Crippen molar-refractivity contribution in [2.45, 2.75) is 64.3 Å². The molecule has 0 aliphatic carbocycles. The number of nitrogens with one attached hydrogen (secondary N) is 5. The lowest BCUT2D eigenvalue weighted by molar-refractivity contribution is -0.384. The van der Waals surface area contributed by atoms with Gasteiger partial charge in [-0.25, -0.2) is 4.79 Å². The number of carbonyl (C=O) groups is 4. The lowest BCUT2D eigenvalue weighted by atomic mass is 10.0. The van der Waals surface area contributed by atoms with Gasteiger partial charge in [0.25, 0.3) is 5.69 Å². The number of likely N-dealkylation sites (tertiary alicyclic amines) is 1. The average Bonchev–Trinajstić information content (AvgIpc) is 3.51. The van der Waals surface area contributed by atoms with Gasteiger partial charge in [-0.15, -0.1) is 0 Å². The topological polar surface area (TPSA) is 222 Å². The largest absolute Gasteiger partial charge is 0.445 e. The maximum Gasteiger partial charge on any atom is 0.408 e. The Hall–Kier alpha value is -5.21. The van der Waals surface area contributed by atoms with Crippen LogP contribution in [0.15, 0.2) is 54.6 Å². The third-order valence-corrected chi connectivity index (χ3v) is 7.22. The highest BCUT2D eigenvalue weighted by atomic mass is 16.6. The van der Waals surface area contributed by atoms with Crippen LogP contribution >= 0.6 is 0 Å². The fourth-order valence-electron chi connectivity index (χ4n) is 4.85. The summed E-state index contributed by atoms with van der Waals surface area (Å²) in [5, 5.41) is 29.0. The van der Waals surface area contributed by atoms with Gasteiger partial charge in [-0.2, -0.15) is 0 Å². The Kier molecular flexibility index (Phi) is 12.6. The van der Waals surface area contributed by atoms with Crippen LogP contribution in [0.1, 0.15) is 45.1 Å². The van der Waals surface area contributed by atoms with E-state index in [0.717, 1.165) is 5.56 Å². The second kappa shape index (κ2) is 16.6. The molecule has 7 N–H and O–H groups in total. The number of nitro groups is 1. The van der Waals surface area contributed by atoms with Crippen LogP contribution in [0.25, 0.3) is 0 Å². The Morgan fingerprint density at radius 1 is 1.09 bits per heavy atom. The Labute approximate surface area is 260 Å². The van der Waals surface area contributed by atoms with E-state index in [1.165, 1.54) is 29.2 Å². The Balaban J connectivity index is 1.67. The van der Waals surface area contributed by atoms with Crippen molar-refractivity contribution in [2.24, 2.45) is 11.7 Å². The standard InChI is InChI=1S/C30H40N8O7/c1-19(2)25(36-30(42)45-18-20-8-4-3-5-9-20)28(41)37-17-7-11-24(37)27(40)35-23(10-6-16-33-29(31)32)26(39)34-21-12-14-22(15-13-21)38(43)44/h3-5,8-9,12-15,19,23-25H,6-7,10-11,16-18H2,1-2H3,(H,34,39)(H,35,40)(H,36,42)(H4,31,32,33)/t23-,24-,25-/m0/s1. The molecule has 2 aromatic carbocycles. The molecule has 3 atom stereocenters. The first-order valence-electron chi connectivity index (χ1n) is 14.7. The molecule has 0 aromatic heterocycles. The summed E-state index contributed by atoms with van der Waals surface area (Å²) in [6, 6.07) is 11.5. The van der Waals surface area contributed by atoms with E-state index in [2.05, 4.69) is 21.3 Å². The summed E-state index contributed by atoms with van der Waals surface area (Å²) < 4.78 is 5.30. The van der Waals surface area contributed by atoms with Crippen molar-refractivity contribution in [1.29, 1.82) is 5.41 Å². The molecule has 15 heteroatoms. The fraction of sp³-hybridized carbons (Fsp3) is 0.433. The smallest absolute Gasteiger partial charge is 0.408 e. The number of nitrogens with zero attached hydrogens (tertiary/aromatic N) is 2. The van der Waals surface area contributed by atoms with E-state index in [1.54, 1.807) is 13.8 Å². The average molecular weight is 625 g/mol. The van der Waals surface area contributed by atoms with Gasteiger partial charge in [0, 0.05) is 30.9 Å². The number of non-ortho nitro benzene ring substituents is 1.